The fourth-order valence-corrected chi connectivity index (χ4v) is 3.27. The van der Waals surface area contributed by atoms with Gasteiger partial charge in [-0.15, -0.1) is 0 Å². The van der Waals surface area contributed by atoms with Crippen LogP contribution >= 0.6 is 15.9 Å². The highest BCUT2D eigenvalue weighted by Gasteiger charge is 2.17. The molecule has 0 bridgehead atoms. The number of aryl methyl sites for hydroxylation is 1. The number of carbonyl (C=O) groups excluding carboxylic acids is 1. The second-order valence-electron chi connectivity index (χ2n) is 6.00. The summed E-state index contributed by atoms with van der Waals surface area (Å²) in [5, 5.41) is 2.96. The first kappa shape index (κ1) is 17.0. The number of benzene rings is 2. The predicted molar refractivity (Wildman–Crippen MR) is 99.4 cm³/mol. The highest BCUT2D eigenvalue weighted by atomic mass is 79.9. The smallest absolute Gasteiger partial charge is 0.238 e. The van der Waals surface area contributed by atoms with Crippen LogP contribution in [0.25, 0.3) is 0 Å². The Labute approximate surface area is 150 Å². The van der Waals surface area contributed by atoms with E-state index in [-0.39, 0.29) is 5.91 Å². The number of fused-ring (bicyclic) bond motifs is 1. The van der Waals surface area contributed by atoms with Crippen molar-refractivity contribution in [3.63, 3.8) is 0 Å². The molecule has 24 heavy (non-hydrogen) atoms. The van der Waals surface area contributed by atoms with Crippen molar-refractivity contribution in [1.82, 2.24) is 4.90 Å². The van der Waals surface area contributed by atoms with Crippen LogP contribution in [0.4, 0.5) is 5.69 Å². The number of anilines is 1. The third kappa shape index (κ3) is 4.36. The van der Waals surface area contributed by atoms with Gasteiger partial charge in [0.1, 0.15) is 5.75 Å². The summed E-state index contributed by atoms with van der Waals surface area (Å²) in [4.78, 5) is 14.5. The zero-order valence-corrected chi connectivity index (χ0v) is 15.3. The van der Waals surface area contributed by atoms with Crippen molar-refractivity contribution in [3.8, 4) is 5.75 Å². The molecule has 1 amide bonds. The van der Waals surface area contributed by atoms with Gasteiger partial charge < -0.3 is 10.1 Å². The standard InChI is InChI=1S/C19H21BrN2O2/c1-24-18-9-4-15-12-22(10-2-3-14(15)11-18)13-19(23)21-17-7-5-16(20)6-8-17/h4-9,11H,2-3,10,12-13H2,1H3,(H,21,23). The molecule has 2 aromatic rings. The Morgan fingerprint density at radius 3 is 2.75 bits per heavy atom. The molecule has 4 nitrogen and oxygen atoms in total. The summed E-state index contributed by atoms with van der Waals surface area (Å²) in [6, 6.07) is 13.8. The molecule has 3 rings (SSSR count). The largest absolute Gasteiger partial charge is 0.497 e. The van der Waals surface area contributed by atoms with Gasteiger partial charge >= 0.3 is 0 Å². The third-order valence-corrected chi connectivity index (χ3v) is 4.75. The average Bonchev–Trinajstić information content (AvgIpc) is 2.77. The van der Waals surface area contributed by atoms with Gasteiger partial charge in [0.05, 0.1) is 13.7 Å². The van der Waals surface area contributed by atoms with Crippen LogP contribution in [0.15, 0.2) is 46.9 Å². The van der Waals surface area contributed by atoms with Gasteiger partial charge in [0.2, 0.25) is 5.91 Å². The first-order valence-corrected chi connectivity index (χ1v) is 8.87. The lowest BCUT2D eigenvalue weighted by Crippen LogP contribution is -2.33. The summed E-state index contributed by atoms with van der Waals surface area (Å²) in [6.07, 6.45) is 2.07. The Morgan fingerprint density at radius 2 is 2.00 bits per heavy atom. The Morgan fingerprint density at radius 1 is 1.21 bits per heavy atom. The van der Waals surface area contributed by atoms with E-state index in [1.807, 2.05) is 30.3 Å². The summed E-state index contributed by atoms with van der Waals surface area (Å²) in [7, 11) is 1.69. The van der Waals surface area contributed by atoms with Crippen LogP contribution in [0.2, 0.25) is 0 Å². The zero-order valence-electron chi connectivity index (χ0n) is 13.7. The molecular formula is C19H21BrN2O2. The maximum atomic E-state index is 12.3. The molecular weight excluding hydrogens is 368 g/mol. The van der Waals surface area contributed by atoms with Crippen LogP contribution in [0.3, 0.4) is 0 Å². The Bertz CT molecular complexity index is 716. The van der Waals surface area contributed by atoms with E-state index in [1.165, 1.54) is 11.1 Å². The molecule has 0 saturated heterocycles. The minimum absolute atomic E-state index is 0.0225. The van der Waals surface area contributed by atoms with Crippen molar-refractivity contribution in [2.24, 2.45) is 0 Å². The maximum Gasteiger partial charge on any atom is 0.238 e. The van der Waals surface area contributed by atoms with Gasteiger partial charge in [-0.25, -0.2) is 0 Å². The summed E-state index contributed by atoms with van der Waals surface area (Å²) in [6.45, 7) is 2.12. The molecule has 1 heterocycles. The molecule has 0 aromatic heterocycles. The molecule has 1 aliphatic rings. The number of ether oxygens (including phenoxy) is 1. The van der Waals surface area contributed by atoms with Gasteiger partial charge in [-0.2, -0.15) is 0 Å². The topological polar surface area (TPSA) is 41.6 Å². The Hall–Kier alpha value is -1.85. The van der Waals surface area contributed by atoms with Gasteiger partial charge in [0.15, 0.2) is 0 Å². The predicted octanol–water partition coefficient (Wildman–Crippen LogP) is 3.84. The van der Waals surface area contributed by atoms with Crippen LogP contribution < -0.4 is 10.1 Å². The lowest BCUT2D eigenvalue weighted by molar-refractivity contribution is -0.117. The molecule has 126 valence electrons. The second-order valence-corrected chi connectivity index (χ2v) is 6.92. The molecule has 0 spiro atoms. The number of rotatable bonds is 4. The molecule has 2 aromatic carbocycles. The van der Waals surface area contributed by atoms with Crippen LogP contribution in [-0.4, -0.2) is 31.0 Å². The molecule has 0 radical (unpaired) electrons. The highest BCUT2D eigenvalue weighted by Crippen LogP contribution is 2.23. The van der Waals surface area contributed by atoms with Gasteiger partial charge in [0, 0.05) is 16.7 Å². The first-order valence-electron chi connectivity index (χ1n) is 8.07. The average molecular weight is 389 g/mol. The van der Waals surface area contributed by atoms with Crippen LogP contribution in [0.5, 0.6) is 5.75 Å². The summed E-state index contributed by atoms with van der Waals surface area (Å²) < 4.78 is 6.31. The van der Waals surface area contributed by atoms with Crippen molar-refractivity contribution in [1.29, 1.82) is 0 Å². The number of halogens is 1. The number of hydrogen-bond donors (Lipinski definition) is 1. The fourth-order valence-electron chi connectivity index (χ4n) is 3.00. The minimum atomic E-state index is 0.0225. The molecule has 0 atom stereocenters. The van der Waals surface area contributed by atoms with Gasteiger partial charge in [-0.3, -0.25) is 9.69 Å². The third-order valence-electron chi connectivity index (χ3n) is 4.22. The van der Waals surface area contributed by atoms with Gasteiger partial charge in [0.25, 0.3) is 0 Å². The van der Waals surface area contributed by atoms with E-state index >= 15 is 0 Å². The lowest BCUT2D eigenvalue weighted by Gasteiger charge is -2.20. The monoisotopic (exact) mass is 388 g/mol. The molecule has 0 unspecified atom stereocenters. The highest BCUT2D eigenvalue weighted by molar-refractivity contribution is 9.10. The minimum Gasteiger partial charge on any atom is -0.497 e. The van der Waals surface area contributed by atoms with Crippen molar-refractivity contribution < 1.29 is 9.53 Å². The summed E-state index contributed by atoms with van der Waals surface area (Å²) in [5.74, 6) is 0.921. The van der Waals surface area contributed by atoms with Crippen molar-refractivity contribution in [2.75, 3.05) is 25.5 Å². The van der Waals surface area contributed by atoms with Crippen molar-refractivity contribution >= 4 is 27.5 Å². The second kappa shape index (κ2) is 7.81. The number of nitrogens with one attached hydrogen (secondary N) is 1. The molecule has 5 heteroatoms. The number of amides is 1. The summed E-state index contributed by atoms with van der Waals surface area (Å²) >= 11 is 3.40. The molecule has 0 saturated carbocycles. The van der Waals surface area contributed by atoms with Gasteiger partial charge in [-0.1, -0.05) is 22.0 Å². The number of hydrogen-bond acceptors (Lipinski definition) is 3. The number of carbonyl (C=O) groups is 1. The van der Waals surface area contributed by atoms with E-state index in [0.717, 1.165) is 41.8 Å². The van der Waals surface area contributed by atoms with Crippen molar-refractivity contribution in [2.45, 2.75) is 19.4 Å². The lowest BCUT2D eigenvalue weighted by atomic mass is 10.0. The fraction of sp³-hybridized carbons (Fsp3) is 0.316. The zero-order chi connectivity index (χ0) is 16.9. The van der Waals surface area contributed by atoms with Crippen LogP contribution in [-0.2, 0) is 17.8 Å². The van der Waals surface area contributed by atoms with E-state index in [0.29, 0.717) is 6.54 Å². The SMILES string of the molecule is COc1ccc2c(c1)CCCN(CC(=O)Nc1ccc(Br)cc1)C2. The van der Waals surface area contributed by atoms with E-state index in [9.17, 15) is 4.79 Å². The first-order chi connectivity index (χ1) is 11.6. The maximum absolute atomic E-state index is 12.3. The van der Waals surface area contributed by atoms with Crippen LogP contribution in [0.1, 0.15) is 17.5 Å². The molecule has 0 aliphatic carbocycles. The quantitative estimate of drug-likeness (QED) is 0.864. The Kier molecular flexibility index (Phi) is 5.53. The van der Waals surface area contributed by atoms with E-state index in [4.69, 9.17) is 4.74 Å². The van der Waals surface area contributed by atoms with Crippen molar-refractivity contribution in [3.05, 3.63) is 58.1 Å². The summed E-state index contributed by atoms with van der Waals surface area (Å²) in [5.41, 5.74) is 3.43. The molecule has 1 N–H and O–H groups in total. The van der Waals surface area contributed by atoms with E-state index < -0.39 is 0 Å². The van der Waals surface area contributed by atoms with Crippen LogP contribution in [0, 0.1) is 0 Å². The Balaban J connectivity index is 1.62. The van der Waals surface area contributed by atoms with Gasteiger partial charge in [-0.05, 0) is 66.9 Å². The van der Waals surface area contributed by atoms with E-state index in [1.54, 1.807) is 7.11 Å². The van der Waals surface area contributed by atoms with E-state index in [2.05, 4.69) is 38.3 Å². The molecule has 0 fully saturated rings. The number of nitrogens with zero attached hydrogens (tertiary/aromatic N) is 1. The molecule has 1 aliphatic heterocycles. The number of methoxy groups -OCH3 is 1. The normalized spacial score (nSPS) is 14.6.